The van der Waals surface area contributed by atoms with Gasteiger partial charge in [-0.15, -0.1) is 11.3 Å². The fourth-order valence-electron chi connectivity index (χ4n) is 1.12. The Hall–Kier alpha value is -0.340. The SMILES string of the molecule is CC(C)C(C)(O)CCc1cccs1. The number of hydrogen-bond donors (Lipinski definition) is 1. The zero-order valence-corrected chi connectivity index (χ0v) is 9.40. The minimum Gasteiger partial charge on any atom is -0.390 e. The molecular formula is C11H18OS. The third-order valence-electron chi connectivity index (χ3n) is 2.70. The van der Waals surface area contributed by atoms with Crippen LogP contribution < -0.4 is 0 Å². The van der Waals surface area contributed by atoms with Crippen molar-refractivity contribution in [3.8, 4) is 0 Å². The van der Waals surface area contributed by atoms with E-state index >= 15 is 0 Å². The van der Waals surface area contributed by atoms with Gasteiger partial charge in [-0.3, -0.25) is 0 Å². The van der Waals surface area contributed by atoms with Crippen LogP contribution in [-0.4, -0.2) is 10.7 Å². The second-order valence-corrected chi connectivity index (χ2v) is 5.12. The van der Waals surface area contributed by atoms with Crippen LogP contribution in [0, 0.1) is 5.92 Å². The molecule has 1 nitrogen and oxygen atoms in total. The fourth-order valence-corrected chi connectivity index (χ4v) is 1.83. The molecule has 1 heterocycles. The van der Waals surface area contributed by atoms with E-state index in [2.05, 4.69) is 31.4 Å². The van der Waals surface area contributed by atoms with Crippen LogP contribution in [0.25, 0.3) is 0 Å². The number of hydrogen-bond acceptors (Lipinski definition) is 2. The predicted molar refractivity (Wildman–Crippen MR) is 58.1 cm³/mol. The highest BCUT2D eigenvalue weighted by atomic mass is 32.1. The number of thiophene rings is 1. The van der Waals surface area contributed by atoms with E-state index in [4.69, 9.17) is 0 Å². The van der Waals surface area contributed by atoms with Crippen molar-refractivity contribution in [1.29, 1.82) is 0 Å². The summed E-state index contributed by atoms with van der Waals surface area (Å²) in [5.74, 6) is 0.326. The van der Waals surface area contributed by atoms with E-state index < -0.39 is 5.60 Å². The monoisotopic (exact) mass is 198 g/mol. The molecule has 0 radical (unpaired) electrons. The molecule has 0 amide bonds. The van der Waals surface area contributed by atoms with Gasteiger partial charge < -0.3 is 5.11 Å². The van der Waals surface area contributed by atoms with Gasteiger partial charge in [-0.1, -0.05) is 19.9 Å². The summed E-state index contributed by atoms with van der Waals surface area (Å²) in [6, 6.07) is 4.19. The normalized spacial score (nSPS) is 16.1. The van der Waals surface area contributed by atoms with Gasteiger partial charge >= 0.3 is 0 Å². The molecule has 0 spiro atoms. The zero-order chi connectivity index (χ0) is 9.90. The second kappa shape index (κ2) is 4.25. The molecule has 0 saturated carbocycles. The van der Waals surface area contributed by atoms with Crippen molar-refractivity contribution < 1.29 is 5.11 Å². The highest BCUT2D eigenvalue weighted by molar-refractivity contribution is 7.09. The topological polar surface area (TPSA) is 20.2 Å². The maximum Gasteiger partial charge on any atom is 0.0646 e. The van der Waals surface area contributed by atoms with Gasteiger partial charge in [0.25, 0.3) is 0 Å². The fraction of sp³-hybridized carbons (Fsp3) is 0.636. The average molecular weight is 198 g/mol. The standard InChI is InChI=1S/C11H18OS/c1-9(2)11(3,12)7-6-10-5-4-8-13-10/h4-5,8-9,12H,6-7H2,1-3H3. The quantitative estimate of drug-likeness (QED) is 0.788. The van der Waals surface area contributed by atoms with Crippen LogP contribution in [0.2, 0.25) is 0 Å². The van der Waals surface area contributed by atoms with E-state index in [1.54, 1.807) is 11.3 Å². The van der Waals surface area contributed by atoms with Gasteiger partial charge in [-0.25, -0.2) is 0 Å². The van der Waals surface area contributed by atoms with Crippen LogP contribution >= 0.6 is 11.3 Å². The van der Waals surface area contributed by atoms with Gasteiger partial charge in [-0.2, -0.15) is 0 Å². The summed E-state index contributed by atoms with van der Waals surface area (Å²) in [7, 11) is 0. The molecule has 1 aromatic rings. The van der Waals surface area contributed by atoms with Gasteiger partial charge in [0.15, 0.2) is 0 Å². The van der Waals surface area contributed by atoms with Crippen molar-refractivity contribution >= 4 is 11.3 Å². The van der Waals surface area contributed by atoms with Gasteiger partial charge in [0.2, 0.25) is 0 Å². The third kappa shape index (κ3) is 3.12. The summed E-state index contributed by atoms with van der Waals surface area (Å²) in [5, 5.41) is 12.1. The predicted octanol–water partition coefficient (Wildman–Crippen LogP) is 3.09. The Morgan fingerprint density at radius 2 is 2.23 bits per heavy atom. The Bertz CT molecular complexity index is 237. The average Bonchev–Trinajstić information content (AvgIpc) is 2.52. The molecule has 1 atom stereocenters. The van der Waals surface area contributed by atoms with Crippen LogP contribution in [0.5, 0.6) is 0 Å². The molecular weight excluding hydrogens is 180 g/mol. The highest BCUT2D eigenvalue weighted by Gasteiger charge is 2.24. The lowest BCUT2D eigenvalue weighted by molar-refractivity contribution is 0.00586. The lowest BCUT2D eigenvalue weighted by atomic mass is 9.88. The van der Waals surface area contributed by atoms with Crippen LogP contribution in [0.15, 0.2) is 17.5 Å². The van der Waals surface area contributed by atoms with Crippen molar-refractivity contribution in [3.05, 3.63) is 22.4 Å². The maximum absolute atomic E-state index is 10.00. The van der Waals surface area contributed by atoms with Crippen molar-refractivity contribution in [3.63, 3.8) is 0 Å². The molecule has 0 aliphatic carbocycles. The third-order valence-corrected chi connectivity index (χ3v) is 3.64. The molecule has 0 saturated heterocycles. The smallest absolute Gasteiger partial charge is 0.0646 e. The first-order chi connectivity index (χ1) is 6.02. The molecule has 2 heteroatoms. The molecule has 74 valence electrons. The Morgan fingerprint density at radius 3 is 2.69 bits per heavy atom. The van der Waals surface area contributed by atoms with Crippen LogP contribution in [0.3, 0.4) is 0 Å². The Morgan fingerprint density at radius 1 is 1.54 bits per heavy atom. The van der Waals surface area contributed by atoms with E-state index in [0.717, 1.165) is 12.8 Å². The van der Waals surface area contributed by atoms with Crippen molar-refractivity contribution in [1.82, 2.24) is 0 Å². The molecule has 0 aromatic carbocycles. The number of aliphatic hydroxyl groups is 1. The first-order valence-electron chi connectivity index (χ1n) is 4.77. The molecule has 13 heavy (non-hydrogen) atoms. The number of rotatable bonds is 4. The molecule has 1 rings (SSSR count). The first kappa shape index (κ1) is 10.7. The Balaban J connectivity index is 2.42. The van der Waals surface area contributed by atoms with Crippen LogP contribution in [-0.2, 0) is 6.42 Å². The maximum atomic E-state index is 10.00. The summed E-state index contributed by atoms with van der Waals surface area (Å²) < 4.78 is 0. The summed E-state index contributed by atoms with van der Waals surface area (Å²) >= 11 is 1.76. The molecule has 0 fully saturated rings. The highest BCUT2D eigenvalue weighted by Crippen LogP contribution is 2.23. The molecule has 1 unspecified atom stereocenters. The summed E-state index contributed by atoms with van der Waals surface area (Å²) in [5.41, 5.74) is -0.524. The van der Waals surface area contributed by atoms with Crippen molar-refractivity contribution in [2.45, 2.75) is 39.2 Å². The molecule has 0 aliphatic rings. The number of aryl methyl sites for hydroxylation is 1. The lowest BCUT2D eigenvalue weighted by Gasteiger charge is -2.27. The van der Waals surface area contributed by atoms with Gasteiger partial charge in [0, 0.05) is 4.88 Å². The molecule has 0 aliphatic heterocycles. The first-order valence-corrected chi connectivity index (χ1v) is 5.65. The van der Waals surface area contributed by atoms with Gasteiger partial charge in [0.05, 0.1) is 5.60 Å². The largest absolute Gasteiger partial charge is 0.390 e. The summed E-state index contributed by atoms with van der Waals surface area (Å²) in [4.78, 5) is 1.36. The van der Waals surface area contributed by atoms with E-state index in [1.165, 1.54) is 4.88 Å². The zero-order valence-electron chi connectivity index (χ0n) is 8.58. The van der Waals surface area contributed by atoms with Crippen LogP contribution in [0.4, 0.5) is 0 Å². The van der Waals surface area contributed by atoms with Crippen molar-refractivity contribution in [2.75, 3.05) is 0 Å². The van der Waals surface area contributed by atoms with Gasteiger partial charge in [-0.05, 0) is 37.1 Å². The lowest BCUT2D eigenvalue weighted by Crippen LogP contribution is -2.31. The van der Waals surface area contributed by atoms with Crippen LogP contribution in [0.1, 0.15) is 32.1 Å². The molecule has 1 N–H and O–H groups in total. The molecule has 1 aromatic heterocycles. The minimum absolute atomic E-state index is 0.326. The van der Waals surface area contributed by atoms with E-state index in [0.29, 0.717) is 5.92 Å². The summed E-state index contributed by atoms with van der Waals surface area (Å²) in [6.45, 7) is 6.05. The van der Waals surface area contributed by atoms with Crippen molar-refractivity contribution in [2.24, 2.45) is 5.92 Å². The Labute approximate surface area is 84.4 Å². The minimum atomic E-state index is -0.524. The second-order valence-electron chi connectivity index (χ2n) is 4.09. The summed E-state index contributed by atoms with van der Waals surface area (Å²) in [6.07, 6.45) is 1.84. The van der Waals surface area contributed by atoms with Gasteiger partial charge in [0.1, 0.15) is 0 Å². The Kier molecular flexibility index (Phi) is 3.51. The molecule has 0 bridgehead atoms. The van der Waals surface area contributed by atoms with E-state index in [-0.39, 0.29) is 0 Å². The van der Waals surface area contributed by atoms with E-state index in [1.807, 2.05) is 6.92 Å². The van der Waals surface area contributed by atoms with E-state index in [9.17, 15) is 5.11 Å².